The Morgan fingerprint density at radius 3 is 1.20 bits per heavy atom. The predicted molar refractivity (Wildman–Crippen MR) is 298 cm³/mol. The van der Waals surface area contributed by atoms with Crippen LogP contribution in [0, 0.1) is 31.6 Å². The maximum atomic E-state index is 12.5. The summed E-state index contributed by atoms with van der Waals surface area (Å²) in [5.41, 5.74) is 11.3. The fraction of sp³-hybridized carbons (Fsp3) is 0.0833. The van der Waals surface area contributed by atoms with E-state index in [0.717, 1.165) is 46.2 Å². The third kappa shape index (κ3) is 14.8. The van der Waals surface area contributed by atoms with Gasteiger partial charge in [-0.15, -0.1) is 12.8 Å². The summed E-state index contributed by atoms with van der Waals surface area (Å²) in [7, 11) is 3.84. The van der Waals surface area contributed by atoms with Crippen molar-refractivity contribution in [3.63, 3.8) is 0 Å². The van der Waals surface area contributed by atoms with Crippen molar-refractivity contribution in [1.29, 1.82) is 0 Å². The van der Waals surface area contributed by atoms with E-state index in [1.54, 1.807) is 129 Å². The summed E-state index contributed by atoms with van der Waals surface area (Å²) < 4.78 is 0. The lowest BCUT2D eigenvalue weighted by Crippen LogP contribution is -2.17. The van der Waals surface area contributed by atoms with E-state index in [1.807, 2.05) is 111 Å². The Morgan fingerprint density at radius 1 is 0.440 bits per heavy atom. The first-order valence-corrected chi connectivity index (χ1v) is 23.5. The van der Waals surface area contributed by atoms with E-state index in [2.05, 4.69) is 62.6 Å². The lowest BCUT2D eigenvalue weighted by Gasteiger charge is -2.23. The quantitative estimate of drug-likeness (QED) is 0.0934. The molecule has 0 unspecified atom stereocenters. The summed E-state index contributed by atoms with van der Waals surface area (Å²) in [6.45, 7) is 4.75. The molecule has 15 nitrogen and oxygen atoms in total. The van der Waals surface area contributed by atoms with Gasteiger partial charge in [-0.25, -0.2) is 0 Å². The molecule has 0 atom stereocenters. The number of nitrogens with one attached hydrogen (secondary N) is 3. The van der Waals surface area contributed by atoms with Crippen molar-refractivity contribution in [2.75, 3.05) is 51.3 Å². The number of hydrogen-bond donors (Lipinski definition) is 3. The first kappa shape index (κ1) is 52.3. The molecule has 9 aromatic rings. The van der Waals surface area contributed by atoms with Gasteiger partial charge in [0.15, 0.2) is 0 Å². The van der Waals surface area contributed by atoms with Gasteiger partial charge in [0.05, 0.1) is 107 Å². The van der Waals surface area contributed by atoms with Crippen LogP contribution in [0.5, 0.6) is 0 Å². The second-order valence-electron chi connectivity index (χ2n) is 16.5. The smallest absolute Gasteiger partial charge is 0.255 e. The lowest BCUT2D eigenvalue weighted by atomic mass is 10.1. The third-order valence-corrected chi connectivity index (χ3v) is 11.2. The Hall–Kier alpha value is -10.5. The summed E-state index contributed by atoms with van der Waals surface area (Å²) in [4.78, 5) is 68.3. The first-order chi connectivity index (χ1) is 36.5. The molecule has 0 fully saturated rings. The van der Waals surface area contributed by atoms with Crippen LogP contribution in [0.4, 0.5) is 51.2 Å². The van der Waals surface area contributed by atoms with E-state index in [0.29, 0.717) is 44.9 Å². The van der Waals surface area contributed by atoms with Crippen LogP contribution >= 0.6 is 0 Å². The Morgan fingerprint density at radius 2 is 0.813 bits per heavy atom. The molecule has 0 radical (unpaired) electrons. The minimum absolute atomic E-state index is 0.151. The van der Waals surface area contributed by atoms with Crippen molar-refractivity contribution < 1.29 is 14.4 Å². The van der Waals surface area contributed by atoms with Crippen LogP contribution in [0.25, 0.3) is 0 Å². The van der Waals surface area contributed by atoms with Gasteiger partial charge in [0, 0.05) is 67.0 Å². The van der Waals surface area contributed by atoms with Crippen LogP contribution in [-0.2, 0) is 0 Å². The Labute approximate surface area is 436 Å². The zero-order chi connectivity index (χ0) is 52.9. The number of carbonyl (C=O) groups is 3. The molecular formula is C60H52N12O3. The second-order valence-corrected chi connectivity index (χ2v) is 16.5. The van der Waals surface area contributed by atoms with Crippen molar-refractivity contribution >= 4 is 68.9 Å². The monoisotopic (exact) mass is 988 g/mol. The molecule has 3 amide bonds. The number of hydrogen-bond acceptors (Lipinski definition) is 12. The van der Waals surface area contributed by atoms with Crippen molar-refractivity contribution in [2.24, 2.45) is 0 Å². The zero-order valence-electron chi connectivity index (χ0n) is 41.7. The molecule has 3 N–H and O–H groups in total. The SMILES string of the molecule is C#Cc1cccc(C(=O)Nc2cncc(N(C)c3cccnc3)c2)c1.C#Cc1cccc(C(=O)Nc2cncc(N(CC)c3cccnc3)c2)c1.Cc1cccc(C(=O)Nc2cncc(N(C)c3cccnc3)c2)c1. The summed E-state index contributed by atoms with van der Waals surface area (Å²) in [6, 6.07) is 38.5. The van der Waals surface area contributed by atoms with E-state index in [-0.39, 0.29) is 17.7 Å². The molecule has 0 aliphatic carbocycles. The number of terminal acetylenes is 2. The standard InChI is InChI=1S/C21H18N4O.C20H16N4O.C19H18N4O/c1-3-16-7-5-8-17(11-16)21(26)24-18-12-20(15-23-13-18)25(4-2)19-9-6-10-22-14-19;1-3-15-6-4-7-16(10-15)20(25)23-17-11-19(14-22-12-17)24(2)18-8-5-9-21-13-18;1-14-5-3-6-15(9-14)19(24)22-16-10-18(13-21-11-16)23(2)17-7-4-8-20-12-17/h1,5-15H,4H2,2H3,(H,24,26);1,4-14H,2H3,(H,23,25);3-13H,1-2H3,(H,22,24). The topological polar surface area (TPSA) is 174 Å². The number of aryl methyl sites for hydroxylation is 1. The van der Waals surface area contributed by atoms with Crippen LogP contribution in [0.2, 0.25) is 0 Å². The minimum atomic E-state index is -0.236. The average molecular weight is 989 g/mol. The molecule has 3 aromatic carbocycles. The summed E-state index contributed by atoms with van der Waals surface area (Å²) in [6.07, 6.45) is 31.4. The van der Waals surface area contributed by atoms with Crippen molar-refractivity contribution in [3.05, 3.63) is 235 Å². The molecule has 9 rings (SSSR count). The van der Waals surface area contributed by atoms with Gasteiger partial charge >= 0.3 is 0 Å². The number of pyridine rings is 6. The van der Waals surface area contributed by atoms with E-state index in [9.17, 15) is 14.4 Å². The molecule has 370 valence electrons. The maximum absolute atomic E-state index is 12.5. The molecule has 6 heterocycles. The van der Waals surface area contributed by atoms with Crippen LogP contribution in [0.3, 0.4) is 0 Å². The highest BCUT2D eigenvalue weighted by atomic mass is 16.2. The van der Waals surface area contributed by atoms with E-state index in [1.165, 1.54) is 0 Å². The Bertz CT molecular complexity index is 3460. The Kier molecular flexibility index (Phi) is 18.2. The molecule has 75 heavy (non-hydrogen) atoms. The molecule has 0 aliphatic rings. The van der Waals surface area contributed by atoms with Gasteiger partial charge in [0.25, 0.3) is 17.7 Å². The summed E-state index contributed by atoms with van der Waals surface area (Å²) >= 11 is 0. The molecule has 0 aliphatic heterocycles. The van der Waals surface area contributed by atoms with Gasteiger partial charge in [-0.3, -0.25) is 44.3 Å². The highest BCUT2D eigenvalue weighted by molar-refractivity contribution is 6.06. The molecule has 0 saturated carbocycles. The van der Waals surface area contributed by atoms with Crippen molar-refractivity contribution in [3.8, 4) is 24.7 Å². The first-order valence-electron chi connectivity index (χ1n) is 23.5. The van der Waals surface area contributed by atoms with Gasteiger partial charge in [0.2, 0.25) is 0 Å². The van der Waals surface area contributed by atoms with Gasteiger partial charge in [-0.05, 0) is 117 Å². The van der Waals surface area contributed by atoms with Crippen LogP contribution in [0.15, 0.2) is 202 Å². The molecule has 6 aromatic heterocycles. The van der Waals surface area contributed by atoms with Crippen LogP contribution in [-0.4, -0.2) is 68.3 Å². The maximum Gasteiger partial charge on any atom is 0.255 e. The van der Waals surface area contributed by atoms with Crippen molar-refractivity contribution in [2.45, 2.75) is 13.8 Å². The number of anilines is 9. The molecule has 0 spiro atoms. The lowest BCUT2D eigenvalue weighted by molar-refractivity contribution is 0.101. The van der Waals surface area contributed by atoms with Gasteiger partial charge < -0.3 is 30.7 Å². The van der Waals surface area contributed by atoms with Gasteiger partial charge in [0.1, 0.15) is 0 Å². The number of amides is 3. The highest BCUT2D eigenvalue weighted by Gasteiger charge is 2.14. The second kappa shape index (κ2) is 26.1. The Balaban J connectivity index is 0.000000164. The highest BCUT2D eigenvalue weighted by Crippen LogP contribution is 2.28. The predicted octanol–water partition coefficient (Wildman–Crippen LogP) is 11.2. The minimum Gasteiger partial charge on any atom is -0.342 e. The van der Waals surface area contributed by atoms with E-state index < -0.39 is 0 Å². The number of rotatable bonds is 13. The van der Waals surface area contributed by atoms with Gasteiger partial charge in [-0.2, -0.15) is 0 Å². The fourth-order valence-electron chi connectivity index (χ4n) is 7.33. The number of nitrogens with zero attached hydrogens (tertiary/aromatic N) is 9. The normalized spacial score (nSPS) is 10.1. The summed E-state index contributed by atoms with van der Waals surface area (Å²) in [5, 5.41) is 8.60. The van der Waals surface area contributed by atoms with Crippen molar-refractivity contribution in [1.82, 2.24) is 29.9 Å². The van der Waals surface area contributed by atoms with Gasteiger partial charge in [-0.1, -0.05) is 41.7 Å². The fourth-order valence-corrected chi connectivity index (χ4v) is 7.33. The van der Waals surface area contributed by atoms with E-state index >= 15 is 0 Å². The molecule has 0 bridgehead atoms. The summed E-state index contributed by atoms with van der Waals surface area (Å²) in [5.74, 6) is 4.44. The molecular weight excluding hydrogens is 937 g/mol. The van der Waals surface area contributed by atoms with Crippen LogP contribution < -0.4 is 30.7 Å². The zero-order valence-corrected chi connectivity index (χ0v) is 41.7. The van der Waals surface area contributed by atoms with E-state index in [4.69, 9.17) is 12.8 Å². The largest absolute Gasteiger partial charge is 0.342 e. The number of carbonyl (C=O) groups excluding carboxylic acids is 3. The molecule has 0 saturated heterocycles. The number of benzene rings is 3. The number of aromatic nitrogens is 6. The van der Waals surface area contributed by atoms with Crippen LogP contribution in [0.1, 0.15) is 54.7 Å². The average Bonchev–Trinajstić information content (AvgIpc) is 3.46. The molecule has 15 heteroatoms. The third-order valence-electron chi connectivity index (χ3n) is 11.2.